The second-order valence-corrected chi connectivity index (χ2v) is 5.74. The molecule has 0 unspecified atom stereocenters. The highest BCUT2D eigenvalue weighted by Crippen LogP contribution is 2.31. The van der Waals surface area contributed by atoms with Crippen molar-refractivity contribution in [1.29, 1.82) is 0 Å². The van der Waals surface area contributed by atoms with E-state index in [2.05, 4.69) is 28.8 Å². The molecule has 3 aromatic rings. The first-order valence-corrected chi connectivity index (χ1v) is 7.64. The summed E-state index contributed by atoms with van der Waals surface area (Å²) >= 11 is 0. The fourth-order valence-electron chi connectivity index (χ4n) is 2.86. The van der Waals surface area contributed by atoms with E-state index < -0.39 is 0 Å². The van der Waals surface area contributed by atoms with E-state index in [1.165, 1.54) is 12.7 Å². The number of hydrogen-bond acceptors (Lipinski definition) is 4. The van der Waals surface area contributed by atoms with Crippen molar-refractivity contribution in [3.8, 4) is 0 Å². The van der Waals surface area contributed by atoms with E-state index in [4.69, 9.17) is 4.84 Å². The van der Waals surface area contributed by atoms with Crippen LogP contribution in [0.1, 0.15) is 21.5 Å². The van der Waals surface area contributed by atoms with Crippen molar-refractivity contribution in [2.45, 2.75) is 13.8 Å². The number of fused-ring (bicyclic) bond motifs is 1. The van der Waals surface area contributed by atoms with Crippen molar-refractivity contribution in [1.82, 2.24) is 15.0 Å². The SMILES string of the molecule is CONC(=O)c1c(Nc2ccc(C)cc2C)n(C)c2ncccc12. The predicted molar refractivity (Wildman–Crippen MR) is 94.4 cm³/mol. The molecule has 3 rings (SSSR count). The lowest BCUT2D eigenvalue weighted by molar-refractivity contribution is 0.0540. The summed E-state index contributed by atoms with van der Waals surface area (Å²) in [5.41, 5.74) is 6.86. The van der Waals surface area contributed by atoms with Crippen molar-refractivity contribution in [3.05, 3.63) is 53.2 Å². The Hall–Kier alpha value is -2.86. The lowest BCUT2D eigenvalue weighted by Crippen LogP contribution is -2.22. The predicted octanol–water partition coefficient (Wildman–Crippen LogP) is 3.22. The Kier molecular flexibility index (Phi) is 4.22. The van der Waals surface area contributed by atoms with Crippen LogP contribution in [0.4, 0.5) is 11.5 Å². The van der Waals surface area contributed by atoms with Gasteiger partial charge in [0, 0.05) is 24.3 Å². The largest absolute Gasteiger partial charge is 0.341 e. The van der Waals surface area contributed by atoms with Gasteiger partial charge in [0.25, 0.3) is 5.91 Å². The van der Waals surface area contributed by atoms with Crippen LogP contribution in [0.5, 0.6) is 0 Å². The molecule has 1 aromatic carbocycles. The molecule has 0 aliphatic carbocycles. The Labute approximate surface area is 140 Å². The van der Waals surface area contributed by atoms with Gasteiger partial charge in [0.05, 0.1) is 12.7 Å². The number of aromatic nitrogens is 2. The number of nitrogens with one attached hydrogen (secondary N) is 2. The number of rotatable bonds is 4. The summed E-state index contributed by atoms with van der Waals surface area (Å²) in [6, 6.07) is 9.82. The van der Waals surface area contributed by atoms with Crippen LogP contribution >= 0.6 is 0 Å². The first kappa shape index (κ1) is 16.0. The second kappa shape index (κ2) is 6.33. The molecule has 0 aliphatic rings. The third-order valence-electron chi connectivity index (χ3n) is 4.00. The standard InChI is InChI=1S/C18H20N4O2/c1-11-7-8-14(12(2)10-11)20-17-15(18(23)21-24-4)13-6-5-9-19-16(13)22(17)3/h5-10,20H,1-4H3,(H,21,23). The first-order valence-electron chi connectivity index (χ1n) is 7.64. The summed E-state index contributed by atoms with van der Waals surface area (Å²) in [7, 11) is 3.29. The Bertz CT molecular complexity index is 915. The average Bonchev–Trinajstić information content (AvgIpc) is 2.83. The number of aryl methyl sites for hydroxylation is 3. The minimum absolute atomic E-state index is 0.316. The van der Waals surface area contributed by atoms with Crippen LogP contribution in [0.2, 0.25) is 0 Å². The zero-order chi connectivity index (χ0) is 17.3. The van der Waals surface area contributed by atoms with Crippen molar-refractivity contribution in [2.24, 2.45) is 7.05 Å². The second-order valence-electron chi connectivity index (χ2n) is 5.74. The number of hydrogen-bond donors (Lipinski definition) is 2. The molecule has 0 spiro atoms. The highest BCUT2D eigenvalue weighted by atomic mass is 16.6. The topological polar surface area (TPSA) is 68.2 Å². The number of anilines is 2. The molecule has 2 N–H and O–H groups in total. The molecule has 1 amide bonds. The maximum atomic E-state index is 12.5. The van der Waals surface area contributed by atoms with Gasteiger partial charge in [0.15, 0.2) is 0 Å². The molecule has 0 fully saturated rings. The number of amides is 1. The number of hydroxylamine groups is 1. The van der Waals surface area contributed by atoms with Crippen molar-refractivity contribution >= 4 is 28.4 Å². The van der Waals surface area contributed by atoms with E-state index in [1.807, 2.05) is 42.8 Å². The molecule has 0 radical (unpaired) electrons. The number of carbonyl (C=O) groups excluding carboxylic acids is 1. The van der Waals surface area contributed by atoms with E-state index in [-0.39, 0.29) is 5.91 Å². The van der Waals surface area contributed by atoms with Gasteiger partial charge in [-0.25, -0.2) is 10.5 Å². The molecule has 0 saturated heterocycles. The van der Waals surface area contributed by atoms with Crippen LogP contribution in [0.3, 0.4) is 0 Å². The summed E-state index contributed by atoms with van der Waals surface area (Å²) < 4.78 is 1.87. The van der Waals surface area contributed by atoms with Gasteiger partial charge in [-0.2, -0.15) is 0 Å². The van der Waals surface area contributed by atoms with Crippen molar-refractivity contribution in [2.75, 3.05) is 12.4 Å². The number of pyridine rings is 1. The van der Waals surface area contributed by atoms with Crippen LogP contribution in [0.15, 0.2) is 36.5 Å². The summed E-state index contributed by atoms with van der Waals surface area (Å²) in [4.78, 5) is 21.7. The monoisotopic (exact) mass is 324 g/mol. The number of benzene rings is 1. The average molecular weight is 324 g/mol. The minimum Gasteiger partial charge on any atom is -0.341 e. The zero-order valence-electron chi connectivity index (χ0n) is 14.2. The van der Waals surface area contributed by atoms with Crippen LogP contribution in [-0.4, -0.2) is 22.6 Å². The van der Waals surface area contributed by atoms with Gasteiger partial charge < -0.3 is 9.88 Å². The molecular weight excluding hydrogens is 304 g/mol. The molecular formula is C18H20N4O2. The fourth-order valence-corrected chi connectivity index (χ4v) is 2.86. The molecule has 0 aliphatic heterocycles. The molecule has 24 heavy (non-hydrogen) atoms. The molecule has 124 valence electrons. The maximum Gasteiger partial charge on any atom is 0.279 e. The van der Waals surface area contributed by atoms with Gasteiger partial charge in [-0.05, 0) is 37.6 Å². The van der Waals surface area contributed by atoms with Crippen LogP contribution in [-0.2, 0) is 11.9 Å². The zero-order valence-corrected chi connectivity index (χ0v) is 14.2. The summed E-state index contributed by atoms with van der Waals surface area (Å²) in [6.45, 7) is 4.08. The lowest BCUT2D eigenvalue weighted by atomic mass is 10.1. The smallest absolute Gasteiger partial charge is 0.279 e. The molecule has 2 aromatic heterocycles. The molecule has 0 atom stereocenters. The molecule has 0 bridgehead atoms. The molecule has 6 nitrogen and oxygen atoms in total. The first-order chi connectivity index (χ1) is 11.5. The van der Waals surface area contributed by atoms with Gasteiger partial charge in [0.2, 0.25) is 0 Å². The summed E-state index contributed by atoms with van der Waals surface area (Å²) in [6.07, 6.45) is 1.71. The number of carbonyl (C=O) groups is 1. The Balaban J connectivity index is 2.17. The van der Waals surface area contributed by atoms with Crippen LogP contribution in [0, 0.1) is 13.8 Å². The van der Waals surface area contributed by atoms with E-state index in [0.29, 0.717) is 11.4 Å². The molecule has 6 heteroatoms. The summed E-state index contributed by atoms with van der Waals surface area (Å²) in [5.74, 6) is 0.355. The molecule has 2 heterocycles. The van der Waals surface area contributed by atoms with Gasteiger partial charge in [-0.15, -0.1) is 0 Å². The van der Waals surface area contributed by atoms with Crippen LogP contribution < -0.4 is 10.8 Å². The normalized spacial score (nSPS) is 10.8. The van der Waals surface area contributed by atoms with Gasteiger partial charge >= 0.3 is 0 Å². The minimum atomic E-state index is -0.316. The Morgan fingerprint density at radius 1 is 1.25 bits per heavy atom. The van der Waals surface area contributed by atoms with Crippen LogP contribution in [0.25, 0.3) is 11.0 Å². The quantitative estimate of drug-likeness (QED) is 0.723. The highest BCUT2D eigenvalue weighted by molar-refractivity contribution is 6.11. The van der Waals surface area contributed by atoms with E-state index in [0.717, 1.165) is 22.3 Å². The van der Waals surface area contributed by atoms with Gasteiger partial charge in [0.1, 0.15) is 11.5 Å². The summed E-state index contributed by atoms with van der Waals surface area (Å²) in [5, 5.41) is 4.14. The lowest BCUT2D eigenvalue weighted by Gasteiger charge is -2.13. The Morgan fingerprint density at radius 3 is 2.75 bits per heavy atom. The number of nitrogens with zero attached hydrogens (tertiary/aromatic N) is 2. The van der Waals surface area contributed by atoms with Crippen molar-refractivity contribution < 1.29 is 9.63 Å². The van der Waals surface area contributed by atoms with E-state index in [9.17, 15) is 4.79 Å². The third-order valence-corrected chi connectivity index (χ3v) is 4.00. The van der Waals surface area contributed by atoms with Gasteiger partial charge in [-0.1, -0.05) is 17.7 Å². The van der Waals surface area contributed by atoms with Gasteiger partial charge in [-0.3, -0.25) is 9.63 Å². The van der Waals surface area contributed by atoms with E-state index in [1.54, 1.807) is 6.20 Å². The fraction of sp³-hybridized carbons (Fsp3) is 0.222. The Morgan fingerprint density at radius 2 is 2.04 bits per heavy atom. The molecule has 0 saturated carbocycles. The highest BCUT2D eigenvalue weighted by Gasteiger charge is 2.22. The third kappa shape index (κ3) is 2.72. The van der Waals surface area contributed by atoms with Crippen molar-refractivity contribution in [3.63, 3.8) is 0 Å². The maximum absolute atomic E-state index is 12.5. The van der Waals surface area contributed by atoms with E-state index >= 15 is 0 Å².